The van der Waals surface area contributed by atoms with Gasteiger partial charge in [0, 0.05) is 36.1 Å². The Balaban J connectivity index is 1.30. The van der Waals surface area contributed by atoms with E-state index in [4.69, 9.17) is 25.8 Å². The third-order valence-corrected chi connectivity index (χ3v) is 6.04. The molecule has 1 saturated carbocycles. The number of aromatic nitrogens is 2. The molecule has 3 aromatic rings. The lowest BCUT2D eigenvalue weighted by molar-refractivity contribution is 0.0946. The predicted molar refractivity (Wildman–Crippen MR) is 129 cm³/mol. The second-order valence-corrected chi connectivity index (χ2v) is 9.12. The highest BCUT2D eigenvalue weighted by molar-refractivity contribution is 7.14. The molecule has 1 fully saturated rings. The van der Waals surface area contributed by atoms with Gasteiger partial charge in [0.25, 0.3) is 11.1 Å². The van der Waals surface area contributed by atoms with Gasteiger partial charge in [-0.05, 0) is 50.0 Å². The number of nitrogens with zero attached hydrogens (tertiary/aromatic N) is 2. The molecule has 1 aliphatic rings. The topological polar surface area (TPSA) is 82.6 Å². The monoisotopic (exact) mass is 485 g/mol. The molecule has 0 unspecified atom stereocenters. The Morgan fingerprint density at radius 3 is 2.91 bits per heavy atom. The Hall–Kier alpha value is -3.10. The molecule has 1 atom stereocenters. The summed E-state index contributed by atoms with van der Waals surface area (Å²) in [6, 6.07) is 8.43. The number of ether oxygens (including phenoxy) is 3. The van der Waals surface area contributed by atoms with E-state index >= 15 is 0 Å². The lowest BCUT2D eigenvalue weighted by Crippen LogP contribution is -2.31. The maximum Gasteiger partial charge on any atom is 0.279 e. The van der Waals surface area contributed by atoms with E-state index in [-0.39, 0.29) is 11.9 Å². The van der Waals surface area contributed by atoms with Gasteiger partial charge in [-0.3, -0.25) is 4.79 Å². The Morgan fingerprint density at radius 1 is 1.30 bits per heavy atom. The molecule has 9 heteroatoms. The smallest absolute Gasteiger partial charge is 0.279 e. The van der Waals surface area contributed by atoms with Gasteiger partial charge in [0.2, 0.25) is 5.88 Å². The number of carbonyl (C=O) groups is 1. The van der Waals surface area contributed by atoms with Crippen molar-refractivity contribution in [1.29, 1.82) is 0 Å². The highest BCUT2D eigenvalue weighted by Crippen LogP contribution is 2.35. The minimum Gasteiger partial charge on any atom is -0.493 e. The van der Waals surface area contributed by atoms with Gasteiger partial charge < -0.3 is 19.5 Å². The minimum atomic E-state index is -0.208. The van der Waals surface area contributed by atoms with E-state index in [1.165, 1.54) is 37.5 Å². The Bertz CT molecular complexity index is 1150. The number of benzene rings is 1. The van der Waals surface area contributed by atoms with E-state index in [1.807, 2.05) is 25.1 Å². The van der Waals surface area contributed by atoms with Crippen LogP contribution in [-0.2, 0) is 0 Å². The predicted octanol–water partition coefficient (Wildman–Crippen LogP) is 5.61. The fraction of sp³-hybridized carbons (Fsp3) is 0.292. The van der Waals surface area contributed by atoms with Crippen LogP contribution >= 0.6 is 22.9 Å². The summed E-state index contributed by atoms with van der Waals surface area (Å²) in [6.45, 7) is 2.62. The summed E-state index contributed by atoms with van der Waals surface area (Å²) in [5.74, 6) is 2.12. The van der Waals surface area contributed by atoms with Crippen molar-refractivity contribution in [2.24, 2.45) is 5.92 Å². The molecule has 0 radical (unpaired) electrons. The third-order valence-electron chi connectivity index (χ3n) is 4.90. The minimum absolute atomic E-state index is 0.194. The fourth-order valence-electron chi connectivity index (χ4n) is 2.88. The van der Waals surface area contributed by atoms with Gasteiger partial charge in [-0.1, -0.05) is 29.0 Å². The highest BCUT2D eigenvalue weighted by atomic mass is 35.5. The number of carbonyl (C=O) groups excluding carboxylic acids is 1. The van der Waals surface area contributed by atoms with Gasteiger partial charge >= 0.3 is 0 Å². The van der Waals surface area contributed by atoms with Gasteiger partial charge in [-0.25, -0.2) is 9.97 Å². The number of nitrogens with one attached hydrogen (secondary N) is 1. The molecule has 0 saturated heterocycles. The van der Waals surface area contributed by atoms with Crippen molar-refractivity contribution in [3.05, 3.63) is 64.3 Å². The van der Waals surface area contributed by atoms with Gasteiger partial charge in [0.05, 0.1) is 23.6 Å². The van der Waals surface area contributed by atoms with Crippen molar-refractivity contribution in [3.63, 3.8) is 0 Å². The number of hydrogen-bond acceptors (Lipinski definition) is 7. The number of thiazole rings is 1. The number of amides is 1. The number of halogens is 1. The number of pyridine rings is 1. The first-order chi connectivity index (χ1) is 16.0. The molecule has 1 aliphatic carbocycles. The molecule has 1 amide bonds. The van der Waals surface area contributed by atoms with Crippen LogP contribution in [0, 0.1) is 5.92 Å². The molecule has 33 heavy (non-hydrogen) atoms. The van der Waals surface area contributed by atoms with E-state index in [2.05, 4.69) is 15.3 Å². The van der Waals surface area contributed by atoms with Crippen LogP contribution in [0.1, 0.15) is 35.0 Å². The van der Waals surface area contributed by atoms with Crippen LogP contribution in [0.4, 0.5) is 0 Å². The first-order valence-electron chi connectivity index (χ1n) is 10.6. The highest BCUT2D eigenvalue weighted by Gasteiger charge is 2.22. The van der Waals surface area contributed by atoms with Gasteiger partial charge in [0.1, 0.15) is 11.5 Å². The molecule has 172 valence electrons. The van der Waals surface area contributed by atoms with E-state index in [0.29, 0.717) is 33.3 Å². The molecule has 1 aromatic carbocycles. The number of methoxy groups -OCH3 is 1. The van der Waals surface area contributed by atoms with Crippen molar-refractivity contribution < 1.29 is 19.0 Å². The van der Waals surface area contributed by atoms with Crippen LogP contribution in [0.5, 0.6) is 22.6 Å². The van der Waals surface area contributed by atoms with Crippen LogP contribution in [-0.4, -0.2) is 35.6 Å². The average Bonchev–Trinajstić information content (AvgIpc) is 3.55. The SMILES string of the molecule is COc1cc(C(=O)N[C@@H](C)/C=C/c2cnc(Oc3ccc(OCC4CC4)cc3Cl)s2)ccn1. The zero-order valence-electron chi connectivity index (χ0n) is 18.3. The maximum atomic E-state index is 12.4. The second kappa shape index (κ2) is 10.7. The summed E-state index contributed by atoms with van der Waals surface area (Å²) < 4.78 is 16.6. The fourth-order valence-corrected chi connectivity index (χ4v) is 3.78. The van der Waals surface area contributed by atoms with E-state index < -0.39 is 0 Å². The van der Waals surface area contributed by atoms with Crippen molar-refractivity contribution in [1.82, 2.24) is 15.3 Å². The summed E-state index contributed by atoms with van der Waals surface area (Å²) in [7, 11) is 1.51. The lowest BCUT2D eigenvalue weighted by atomic mass is 10.2. The number of hydrogen-bond donors (Lipinski definition) is 1. The summed E-state index contributed by atoms with van der Waals surface area (Å²) in [4.78, 5) is 21.6. The lowest BCUT2D eigenvalue weighted by Gasteiger charge is -2.10. The Labute approximate surface area is 201 Å². The third kappa shape index (κ3) is 6.69. The molecule has 2 aromatic heterocycles. The summed E-state index contributed by atoms with van der Waals surface area (Å²) in [5, 5.41) is 3.86. The Kier molecular flexibility index (Phi) is 7.47. The molecule has 0 aliphatic heterocycles. The molecule has 1 N–H and O–H groups in total. The molecular formula is C24H24ClN3O4S. The quantitative estimate of drug-likeness (QED) is 0.401. The first kappa shape index (κ1) is 23.1. The van der Waals surface area contributed by atoms with E-state index in [1.54, 1.807) is 30.5 Å². The van der Waals surface area contributed by atoms with Gasteiger partial charge in [-0.15, -0.1) is 0 Å². The standard InChI is InChI=1S/C24H24ClN3O4S/c1-15(28-23(29)17-9-10-26-22(11-17)30-2)3-7-19-13-27-24(33-19)32-21-8-6-18(12-20(21)25)31-14-16-4-5-16/h3,6-13,15-16H,4-5,14H2,1-2H3,(H,28,29)/b7-3+/t15-/m0/s1. The van der Waals surface area contributed by atoms with Crippen LogP contribution in [0.3, 0.4) is 0 Å². The van der Waals surface area contributed by atoms with Gasteiger partial charge in [0.15, 0.2) is 0 Å². The van der Waals surface area contributed by atoms with Crippen molar-refractivity contribution in [2.45, 2.75) is 25.8 Å². The summed E-state index contributed by atoms with van der Waals surface area (Å²) in [6.07, 6.45) is 9.49. The van der Waals surface area contributed by atoms with Crippen molar-refractivity contribution in [3.8, 4) is 22.6 Å². The Morgan fingerprint density at radius 2 is 2.15 bits per heavy atom. The summed E-state index contributed by atoms with van der Waals surface area (Å²) >= 11 is 7.72. The molecule has 2 heterocycles. The molecule has 0 spiro atoms. The number of rotatable bonds is 10. The van der Waals surface area contributed by atoms with Crippen molar-refractivity contribution in [2.75, 3.05) is 13.7 Å². The normalized spacial score (nSPS) is 14.2. The average molecular weight is 486 g/mol. The first-order valence-corrected chi connectivity index (χ1v) is 11.7. The largest absolute Gasteiger partial charge is 0.493 e. The van der Waals surface area contributed by atoms with E-state index in [9.17, 15) is 4.79 Å². The van der Waals surface area contributed by atoms with Crippen LogP contribution < -0.4 is 19.5 Å². The van der Waals surface area contributed by atoms with Gasteiger partial charge in [-0.2, -0.15) is 0 Å². The van der Waals surface area contributed by atoms with Crippen LogP contribution in [0.15, 0.2) is 48.8 Å². The van der Waals surface area contributed by atoms with E-state index in [0.717, 1.165) is 17.2 Å². The summed E-state index contributed by atoms with van der Waals surface area (Å²) in [5.41, 5.74) is 0.483. The zero-order valence-corrected chi connectivity index (χ0v) is 19.9. The zero-order chi connectivity index (χ0) is 23.2. The molecular weight excluding hydrogens is 462 g/mol. The molecule has 7 nitrogen and oxygen atoms in total. The molecule has 4 rings (SSSR count). The molecule has 0 bridgehead atoms. The second-order valence-electron chi connectivity index (χ2n) is 7.69. The van der Waals surface area contributed by atoms with Crippen LogP contribution in [0.2, 0.25) is 5.02 Å². The maximum absolute atomic E-state index is 12.4. The van der Waals surface area contributed by atoms with Crippen molar-refractivity contribution >= 4 is 34.9 Å². The van der Waals surface area contributed by atoms with Crippen LogP contribution in [0.25, 0.3) is 6.08 Å².